The van der Waals surface area contributed by atoms with E-state index >= 15 is 0 Å². The molecule has 108 valence electrons. The summed E-state index contributed by atoms with van der Waals surface area (Å²) >= 11 is 4.55. The lowest BCUT2D eigenvalue weighted by Gasteiger charge is -2.00. The molecule has 2 aromatic rings. The van der Waals surface area contributed by atoms with Crippen LogP contribution in [0.15, 0.2) is 35.3 Å². The largest absolute Gasteiger partial charge is 0.300 e. The molecular weight excluding hydrogens is 324 g/mol. The molecule has 2 heterocycles. The lowest BCUT2D eigenvalue weighted by atomic mass is 10.2. The van der Waals surface area contributed by atoms with E-state index in [1.165, 1.54) is 23.1 Å². The zero-order chi connectivity index (χ0) is 14.5. The molecule has 8 heteroatoms. The molecule has 0 saturated heterocycles. The number of nitrogens with one attached hydrogen (secondary N) is 1. The van der Waals surface area contributed by atoms with Gasteiger partial charge < -0.3 is 0 Å². The van der Waals surface area contributed by atoms with Crippen LogP contribution in [0.4, 0.5) is 5.13 Å². The Balaban J connectivity index is 1.55. The third kappa shape index (κ3) is 4.05. The van der Waals surface area contributed by atoms with Gasteiger partial charge in [0.25, 0.3) is 0 Å². The SMILES string of the molecule is O=C(CSC1=NCCS1)Nc1nnc(-c2ccccc2)s1. The number of hydrogen-bond acceptors (Lipinski definition) is 7. The number of carbonyl (C=O) groups is 1. The zero-order valence-corrected chi connectivity index (χ0v) is 13.4. The van der Waals surface area contributed by atoms with E-state index in [9.17, 15) is 4.79 Å². The van der Waals surface area contributed by atoms with Gasteiger partial charge in [0.2, 0.25) is 11.0 Å². The van der Waals surface area contributed by atoms with E-state index in [1.54, 1.807) is 11.8 Å². The van der Waals surface area contributed by atoms with Crippen molar-refractivity contribution >= 4 is 50.3 Å². The van der Waals surface area contributed by atoms with Crippen LogP contribution in [0.1, 0.15) is 0 Å². The highest BCUT2D eigenvalue weighted by molar-refractivity contribution is 8.39. The Hall–Kier alpha value is -1.38. The molecule has 0 aliphatic carbocycles. The number of thioether (sulfide) groups is 2. The van der Waals surface area contributed by atoms with Crippen molar-refractivity contribution in [2.24, 2.45) is 4.99 Å². The van der Waals surface area contributed by atoms with Gasteiger partial charge in [0.1, 0.15) is 9.38 Å². The first-order valence-corrected chi connectivity index (χ1v) is 9.09. The van der Waals surface area contributed by atoms with E-state index in [-0.39, 0.29) is 5.91 Å². The fourth-order valence-electron chi connectivity index (χ4n) is 1.66. The number of amides is 1. The van der Waals surface area contributed by atoms with Gasteiger partial charge in [-0.3, -0.25) is 15.1 Å². The molecule has 0 saturated carbocycles. The predicted octanol–water partition coefficient (Wildman–Crippen LogP) is 2.98. The van der Waals surface area contributed by atoms with Crippen molar-refractivity contribution in [3.63, 3.8) is 0 Å². The Labute approximate surface area is 134 Å². The Kier molecular flexibility index (Phi) is 4.89. The van der Waals surface area contributed by atoms with Crippen LogP contribution in [0.3, 0.4) is 0 Å². The second-order valence-electron chi connectivity index (χ2n) is 4.11. The van der Waals surface area contributed by atoms with E-state index in [4.69, 9.17) is 0 Å². The average molecular weight is 336 g/mol. The first-order chi connectivity index (χ1) is 10.3. The summed E-state index contributed by atoms with van der Waals surface area (Å²) in [4.78, 5) is 16.2. The minimum absolute atomic E-state index is 0.0778. The van der Waals surface area contributed by atoms with Crippen LogP contribution in [-0.4, -0.2) is 38.5 Å². The molecule has 0 spiro atoms. The number of hydrogen-bond donors (Lipinski definition) is 1. The molecule has 1 aliphatic rings. The minimum Gasteiger partial charge on any atom is -0.300 e. The number of aromatic nitrogens is 2. The molecule has 1 N–H and O–H groups in total. The van der Waals surface area contributed by atoms with Crippen molar-refractivity contribution in [1.29, 1.82) is 0 Å². The molecule has 21 heavy (non-hydrogen) atoms. The summed E-state index contributed by atoms with van der Waals surface area (Å²) < 4.78 is 0.993. The molecule has 1 aromatic heterocycles. The summed E-state index contributed by atoms with van der Waals surface area (Å²) in [6, 6.07) is 9.79. The molecule has 0 bridgehead atoms. The molecular formula is C13H12N4OS3. The highest BCUT2D eigenvalue weighted by atomic mass is 32.2. The van der Waals surface area contributed by atoms with Gasteiger partial charge >= 0.3 is 0 Å². The minimum atomic E-state index is -0.0778. The number of benzene rings is 1. The lowest BCUT2D eigenvalue weighted by Crippen LogP contribution is -2.14. The molecule has 5 nitrogen and oxygen atoms in total. The van der Waals surface area contributed by atoms with Crippen LogP contribution in [0.5, 0.6) is 0 Å². The van der Waals surface area contributed by atoms with Gasteiger partial charge in [0.05, 0.1) is 12.3 Å². The molecule has 0 unspecified atom stereocenters. The third-order valence-electron chi connectivity index (χ3n) is 2.58. The second-order valence-corrected chi connectivity index (χ2v) is 7.39. The topological polar surface area (TPSA) is 67.2 Å². The van der Waals surface area contributed by atoms with Crippen LogP contribution in [0.2, 0.25) is 0 Å². The first kappa shape index (κ1) is 14.6. The normalized spacial score (nSPS) is 14.0. The predicted molar refractivity (Wildman–Crippen MR) is 91.2 cm³/mol. The van der Waals surface area contributed by atoms with Crippen molar-refractivity contribution in [3.05, 3.63) is 30.3 Å². The van der Waals surface area contributed by atoms with E-state index in [0.29, 0.717) is 10.9 Å². The monoisotopic (exact) mass is 336 g/mol. The highest BCUT2D eigenvalue weighted by Crippen LogP contribution is 2.26. The van der Waals surface area contributed by atoms with Gasteiger partial charge in [0.15, 0.2) is 0 Å². The maximum absolute atomic E-state index is 11.9. The number of aliphatic imine (C=N–C) groups is 1. The van der Waals surface area contributed by atoms with Crippen LogP contribution >= 0.6 is 34.9 Å². The molecule has 1 aromatic carbocycles. The summed E-state index contributed by atoms with van der Waals surface area (Å²) in [5.74, 6) is 1.29. The Bertz CT molecular complexity index is 656. The maximum atomic E-state index is 11.9. The molecule has 1 amide bonds. The van der Waals surface area contributed by atoms with Gasteiger partial charge in [-0.1, -0.05) is 65.2 Å². The average Bonchev–Trinajstić information content (AvgIpc) is 3.17. The summed E-state index contributed by atoms with van der Waals surface area (Å²) in [5.41, 5.74) is 1.00. The number of nitrogens with zero attached hydrogens (tertiary/aromatic N) is 3. The van der Waals surface area contributed by atoms with Gasteiger partial charge in [-0.05, 0) is 0 Å². The summed E-state index contributed by atoms with van der Waals surface area (Å²) in [5, 5.41) is 12.2. The van der Waals surface area contributed by atoms with Crippen LogP contribution < -0.4 is 5.32 Å². The summed E-state index contributed by atoms with van der Waals surface area (Å²) in [6.07, 6.45) is 0. The quantitative estimate of drug-likeness (QED) is 0.930. The zero-order valence-electron chi connectivity index (χ0n) is 11.0. The van der Waals surface area contributed by atoms with Crippen molar-refractivity contribution in [3.8, 4) is 10.6 Å². The van der Waals surface area contributed by atoms with Crippen molar-refractivity contribution < 1.29 is 4.79 Å². The molecule has 0 atom stereocenters. The fourth-order valence-corrected chi connectivity index (χ4v) is 4.23. The van der Waals surface area contributed by atoms with Gasteiger partial charge in [-0.2, -0.15) is 0 Å². The van der Waals surface area contributed by atoms with Crippen molar-refractivity contribution in [2.75, 3.05) is 23.4 Å². The van der Waals surface area contributed by atoms with E-state index in [0.717, 1.165) is 27.2 Å². The van der Waals surface area contributed by atoms with Gasteiger partial charge in [-0.25, -0.2) is 0 Å². The van der Waals surface area contributed by atoms with E-state index in [1.807, 2.05) is 30.3 Å². The van der Waals surface area contributed by atoms with Gasteiger partial charge in [-0.15, -0.1) is 10.2 Å². The molecule has 1 aliphatic heterocycles. The Morgan fingerprint density at radius 2 is 2.14 bits per heavy atom. The van der Waals surface area contributed by atoms with E-state index in [2.05, 4.69) is 20.5 Å². The van der Waals surface area contributed by atoms with Crippen LogP contribution in [-0.2, 0) is 4.79 Å². The second kappa shape index (κ2) is 7.06. The van der Waals surface area contributed by atoms with E-state index < -0.39 is 0 Å². The van der Waals surface area contributed by atoms with Crippen LogP contribution in [0, 0.1) is 0 Å². The highest BCUT2D eigenvalue weighted by Gasteiger charge is 2.13. The Morgan fingerprint density at radius 1 is 1.29 bits per heavy atom. The number of rotatable bonds is 4. The number of anilines is 1. The first-order valence-electron chi connectivity index (χ1n) is 6.30. The molecule has 0 radical (unpaired) electrons. The van der Waals surface area contributed by atoms with Gasteiger partial charge in [0, 0.05) is 11.3 Å². The lowest BCUT2D eigenvalue weighted by molar-refractivity contribution is -0.113. The Morgan fingerprint density at radius 3 is 2.90 bits per heavy atom. The third-order valence-corrected chi connectivity index (χ3v) is 5.72. The smallest absolute Gasteiger partial charge is 0.236 e. The fraction of sp³-hybridized carbons (Fsp3) is 0.231. The molecule has 0 fully saturated rings. The summed E-state index contributed by atoms with van der Waals surface area (Å²) in [6.45, 7) is 0.853. The van der Waals surface area contributed by atoms with Crippen molar-refractivity contribution in [1.82, 2.24) is 10.2 Å². The maximum Gasteiger partial charge on any atom is 0.236 e. The number of carbonyl (C=O) groups excluding carboxylic acids is 1. The summed E-state index contributed by atoms with van der Waals surface area (Å²) in [7, 11) is 0. The van der Waals surface area contributed by atoms with Crippen molar-refractivity contribution in [2.45, 2.75) is 0 Å². The van der Waals surface area contributed by atoms with Crippen LogP contribution in [0.25, 0.3) is 10.6 Å². The molecule has 3 rings (SSSR count). The standard InChI is InChI=1S/C13H12N4OS3/c18-10(8-20-13-14-6-7-19-13)15-12-17-16-11(21-12)9-4-2-1-3-5-9/h1-5H,6-8H2,(H,15,17,18).